The molecule has 0 aliphatic heterocycles. The summed E-state index contributed by atoms with van der Waals surface area (Å²) < 4.78 is 6.66. The van der Waals surface area contributed by atoms with Crippen molar-refractivity contribution in [1.82, 2.24) is 9.88 Å². The number of amides is 2. The Balaban J connectivity index is 1.61. The van der Waals surface area contributed by atoms with E-state index in [1.807, 2.05) is 37.3 Å². The minimum Gasteiger partial charge on any atom is -0.451 e. The van der Waals surface area contributed by atoms with E-state index in [4.69, 9.17) is 4.74 Å². The molecule has 1 aromatic heterocycles. The first-order valence-electron chi connectivity index (χ1n) is 9.49. The second kappa shape index (κ2) is 9.56. The molecule has 0 saturated heterocycles. The number of rotatable bonds is 7. The number of para-hydroxylation sites is 1. The Labute approximate surface area is 174 Å². The Morgan fingerprint density at radius 2 is 1.67 bits per heavy atom. The number of aromatic nitrogens is 1. The van der Waals surface area contributed by atoms with Crippen molar-refractivity contribution >= 4 is 23.5 Å². The molecule has 0 bridgehead atoms. The molecule has 0 unspecified atom stereocenters. The average molecular weight is 405 g/mol. The molecule has 0 radical (unpaired) electrons. The Morgan fingerprint density at radius 3 is 2.37 bits per heavy atom. The maximum absolute atomic E-state index is 12.7. The van der Waals surface area contributed by atoms with Crippen molar-refractivity contribution in [1.29, 1.82) is 0 Å². The first-order valence-corrected chi connectivity index (χ1v) is 9.49. The van der Waals surface area contributed by atoms with Crippen molar-refractivity contribution in [3.63, 3.8) is 0 Å². The van der Waals surface area contributed by atoms with Crippen molar-refractivity contribution in [2.24, 2.45) is 7.05 Å². The van der Waals surface area contributed by atoms with Gasteiger partial charge in [0.15, 0.2) is 6.61 Å². The molecule has 154 valence electrons. The number of aryl methyl sites for hydroxylation is 1. The van der Waals surface area contributed by atoms with Crippen molar-refractivity contribution in [3.05, 3.63) is 89.7 Å². The van der Waals surface area contributed by atoms with Gasteiger partial charge in [-0.05, 0) is 36.8 Å². The number of benzene rings is 2. The van der Waals surface area contributed by atoms with Crippen LogP contribution >= 0.6 is 0 Å². The second-order valence-corrected chi connectivity index (χ2v) is 6.78. The predicted octanol–water partition coefficient (Wildman–Crippen LogP) is 3.31. The van der Waals surface area contributed by atoms with Gasteiger partial charge >= 0.3 is 5.97 Å². The molecular formula is C23H23N3O4. The minimum atomic E-state index is -0.597. The number of nitrogens with one attached hydrogen (secondary N) is 2. The molecule has 2 aromatic carbocycles. The summed E-state index contributed by atoms with van der Waals surface area (Å²) in [5, 5.41) is 5.56. The molecule has 3 aromatic rings. The minimum absolute atomic E-state index is 0.200. The molecule has 2 N–H and O–H groups in total. The molecule has 0 spiro atoms. The lowest BCUT2D eigenvalue weighted by Crippen LogP contribution is -2.28. The van der Waals surface area contributed by atoms with Crippen LogP contribution in [0.4, 0.5) is 5.69 Å². The van der Waals surface area contributed by atoms with Crippen LogP contribution in [-0.4, -0.2) is 29.0 Å². The predicted molar refractivity (Wildman–Crippen MR) is 113 cm³/mol. The topological polar surface area (TPSA) is 89.4 Å². The zero-order valence-corrected chi connectivity index (χ0v) is 16.8. The SMILES string of the molecule is C[C@@H](NC(=O)c1ccccc1NC(=O)COC(=O)c1cccn1C)c1ccccc1. The van der Waals surface area contributed by atoms with Gasteiger partial charge < -0.3 is 19.9 Å². The fourth-order valence-corrected chi connectivity index (χ4v) is 2.95. The summed E-state index contributed by atoms with van der Waals surface area (Å²) >= 11 is 0. The lowest BCUT2D eigenvalue weighted by atomic mass is 10.1. The summed E-state index contributed by atoms with van der Waals surface area (Å²) in [5.41, 5.74) is 1.98. The normalized spacial score (nSPS) is 11.4. The number of carbonyl (C=O) groups is 3. The second-order valence-electron chi connectivity index (χ2n) is 6.78. The van der Waals surface area contributed by atoms with Gasteiger partial charge in [0.05, 0.1) is 17.3 Å². The lowest BCUT2D eigenvalue weighted by molar-refractivity contribution is -0.119. The molecule has 7 heteroatoms. The highest BCUT2D eigenvalue weighted by Gasteiger charge is 2.17. The van der Waals surface area contributed by atoms with E-state index in [9.17, 15) is 14.4 Å². The first-order chi connectivity index (χ1) is 14.5. The summed E-state index contributed by atoms with van der Waals surface area (Å²) in [5.74, 6) is -1.45. The van der Waals surface area contributed by atoms with Gasteiger partial charge in [0.1, 0.15) is 5.69 Å². The van der Waals surface area contributed by atoms with Gasteiger partial charge in [-0.1, -0.05) is 42.5 Å². The number of nitrogens with zero attached hydrogens (tertiary/aromatic N) is 1. The monoisotopic (exact) mass is 405 g/mol. The Hall–Kier alpha value is -3.87. The van der Waals surface area contributed by atoms with Crippen LogP contribution in [0.15, 0.2) is 72.9 Å². The zero-order valence-electron chi connectivity index (χ0n) is 16.8. The van der Waals surface area contributed by atoms with Crippen LogP contribution in [0, 0.1) is 0 Å². The Morgan fingerprint density at radius 1 is 0.967 bits per heavy atom. The number of esters is 1. The van der Waals surface area contributed by atoms with E-state index < -0.39 is 18.5 Å². The fourth-order valence-electron chi connectivity index (χ4n) is 2.95. The molecule has 2 amide bonds. The van der Waals surface area contributed by atoms with Crippen LogP contribution in [0.3, 0.4) is 0 Å². The number of anilines is 1. The van der Waals surface area contributed by atoms with Crippen LogP contribution in [0.25, 0.3) is 0 Å². The quantitative estimate of drug-likeness (QED) is 0.590. The fraction of sp³-hybridized carbons (Fsp3) is 0.174. The maximum atomic E-state index is 12.7. The molecule has 30 heavy (non-hydrogen) atoms. The highest BCUT2D eigenvalue weighted by Crippen LogP contribution is 2.18. The molecule has 7 nitrogen and oxygen atoms in total. The van der Waals surface area contributed by atoms with Crippen LogP contribution in [0.5, 0.6) is 0 Å². The van der Waals surface area contributed by atoms with E-state index >= 15 is 0 Å². The third-order valence-corrected chi connectivity index (χ3v) is 4.58. The van der Waals surface area contributed by atoms with Crippen molar-refractivity contribution in [2.75, 3.05) is 11.9 Å². The van der Waals surface area contributed by atoms with Gasteiger partial charge in [0, 0.05) is 13.2 Å². The molecular weight excluding hydrogens is 382 g/mol. The largest absolute Gasteiger partial charge is 0.451 e. The van der Waals surface area contributed by atoms with Gasteiger partial charge in [-0.25, -0.2) is 4.79 Å². The van der Waals surface area contributed by atoms with Crippen LogP contribution < -0.4 is 10.6 Å². The van der Waals surface area contributed by atoms with Crippen LogP contribution in [0.2, 0.25) is 0 Å². The number of carbonyl (C=O) groups excluding carboxylic acids is 3. The van der Waals surface area contributed by atoms with Gasteiger partial charge in [-0.15, -0.1) is 0 Å². The van der Waals surface area contributed by atoms with E-state index in [0.29, 0.717) is 16.9 Å². The smallest absolute Gasteiger partial charge is 0.355 e. The molecule has 0 saturated carbocycles. The van der Waals surface area contributed by atoms with E-state index in [0.717, 1.165) is 5.56 Å². The number of hydrogen-bond acceptors (Lipinski definition) is 4. The van der Waals surface area contributed by atoms with E-state index in [1.165, 1.54) is 0 Å². The summed E-state index contributed by atoms with van der Waals surface area (Å²) in [6.07, 6.45) is 1.71. The van der Waals surface area contributed by atoms with Crippen LogP contribution in [-0.2, 0) is 16.6 Å². The molecule has 3 rings (SSSR count). The highest BCUT2D eigenvalue weighted by molar-refractivity contribution is 6.04. The van der Waals surface area contributed by atoms with Crippen molar-refractivity contribution in [3.8, 4) is 0 Å². The van der Waals surface area contributed by atoms with Gasteiger partial charge in [0.25, 0.3) is 11.8 Å². The zero-order chi connectivity index (χ0) is 21.5. The number of ether oxygens (including phenoxy) is 1. The van der Waals surface area contributed by atoms with E-state index in [-0.39, 0.29) is 11.9 Å². The van der Waals surface area contributed by atoms with Gasteiger partial charge in [0.2, 0.25) is 0 Å². The standard InChI is InChI=1S/C23H23N3O4/c1-16(17-9-4-3-5-10-17)24-22(28)18-11-6-7-12-19(18)25-21(27)15-30-23(29)20-13-8-14-26(20)2/h3-14,16H,15H2,1-2H3,(H,24,28)(H,25,27)/t16-/m1/s1. The molecule has 0 aliphatic carbocycles. The van der Waals surface area contributed by atoms with Crippen molar-refractivity contribution in [2.45, 2.75) is 13.0 Å². The van der Waals surface area contributed by atoms with E-state index in [1.54, 1.807) is 54.2 Å². The summed E-state index contributed by atoms with van der Waals surface area (Å²) in [6, 6.07) is 19.4. The Kier molecular flexibility index (Phi) is 6.64. The molecule has 0 aliphatic rings. The highest BCUT2D eigenvalue weighted by atomic mass is 16.5. The molecule has 1 heterocycles. The van der Waals surface area contributed by atoms with Crippen molar-refractivity contribution < 1.29 is 19.1 Å². The van der Waals surface area contributed by atoms with Gasteiger partial charge in [-0.3, -0.25) is 9.59 Å². The third kappa shape index (κ3) is 5.14. The van der Waals surface area contributed by atoms with Crippen LogP contribution in [0.1, 0.15) is 39.4 Å². The van der Waals surface area contributed by atoms with E-state index in [2.05, 4.69) is 10.6 Å². The maximum Gasteiger partial charge on any atom is 0.355 e. The Bertz CT molecular complexity index is 1040. The number of hydrogen-bond donors (Lipinski definition) is 2. The molecule has 1 atom stereocenters. The lowest BCUT2D eigenvalue weighted by Gasteiger charge is -2.16. The van der Waals surface area contributed by atoms with Gasteiger partial charge in [-0.2, -0.15) is 0 Å². The average Bonchev–Trinajstić information content (AvgIpc) is 3.19. The third-order valence-electron chi connectivity index (χ3n) is 4.58. The summed E-state index contributed by atoms with van der Waals surface area (Å²) in [6.45, 7) is 1.43. The summed E-state index contributed by atoms with van der Waals surface area (Å²) in [4.78, 5) is 37.0. The summed E-state index contributed by atoms with van der Waals surface area (Å²) in [7, 11) is 1.71. The first kappa shape index (κ1) is 20.9. The molecule has 0 fully saturated rings.